The highest BCUT2D eigenvalue weighted by molar-refractivity contribution is 6.09. The lowest BCUT2D eigenvalue weighted by molar-refractivity contribution is -0.122. The molecule has 1 saturated carbocycles. The fourth-order valence-corrected chi connectivity index (χ4v) is 1.74. The van der Waals surface area contributed by atoms with Crippen LogP contribution in [-0.4, -0.2) is 11.6 Å². The highest BCUT2D eigenvalue weighted by Crippen LogP contribution is 2.34. The van der Waals surface area contributed by atoms with Crippen molar-refractivity contribution >= 4 is 11.6 Å². The van der Waals surface area contributed by atoms with Gasteiger partial charge < -0.3 is 0 Å². The van der Waals surface area contributed by atoms with E-state index in [-0.39, 0.29) is 29.8 Å². The van der Waals surface area contributed by atoms with Gasteiger partial charge in [0, 0.05) is 11.8 Å². The molecule has 2 rings (SSSR count). The summed E-state index contributed by atoms with van der Waals surface area (Å²) in [7, 11) is 0. The van der Waals surface area contributed by atoms with E-state index in [2.05, 4.69) is 0 Å². The van der Waals surface area contributed by atoms with Crippen LogP contribution in [0.25, 0.3) is 0 Å². The zero-order chi connectivity index (χ0) is 7.14. The molecule has 2 heteroatoms. The highest BCUT2D eigenvalue weighted by Gasteiger charge is 2.41. The third-order valence-electron chi connectivity index (χ3n) is 2.30. The van der Waals surface area contributed by atoms with E-state index in [4.69, 9.17) is 0 Å². The zero-order valence-electron chi connectivity index (χ0n) is 5.54. The molecule has 2 nitrogen and oxygen atoms in total. The Morgan fingerprint density at radius 3 is 2.80 bits per heavy atom. The minimum absolute atomic E-state index is 0.0208. The van der Waals surface area contributed by atoms with Crippen molar-refractivity contribution in [2.75, 3.05) is 0 Å². The Morgan fingerprint density at radius 1 is 1.30 bits per heavy atom. The monoisotopic (exact) mass is 136 g/mol. The first-order chi connectivity index (χ1) is 4.79. The van der Waals surface area contributed by atoms with Crippen LogP contribution in [0.15, 0.2) is 12.2 Å². The lowest BCUT2D eigenvalue weighted by Crippen LogP contribution is -2.09. The van der Waals surface area contributed by atoms with Crippen LogP contribution >= 0.6 is 0 Å². The average Bonchev–Trinajstić information content (AvgIpc) is 2.39. The Hall–Kier alpha value is -0.920. The summed E-state index contributed by atoms with van der Waals surface area (Å²) >= 11 is 0. The molecule has 10 heavy (non-hydrogen) atoms. The first kappa shape index (κ1) is 5.83. The summed E-state index contributed by atoms with van der Waals surface area (Å²) in [6.07, 6.45) is 4.77. The molecular weight excluding hydrogens is 128 g/mol. The molecule has 0 radical (unpaired) electrons. The quantitative estimate of drug-likeness (QED) is 0.363. The largest absolute Gasteiger partial charge is 0.299 e. The van der Waals surface area contributed by atoms with Gasteiger partial charge in [-0.3, -0.25) is 9.59 Å². The number of carbonyl (C=O) groups is 2. The third kappa shape index (κ3) is 0.589. The van der Waals surface area contributed by atoms with Crippen molar-refractivity contribution in [2.45, 2.75) is 12.8 Å². The van der Waals surface area contributed by atoms with Crippen LogP contribution in [0.5, 0.6) is 0 Å². The van der Waals surface area contributed by atoms with E-state index in [0.717, 1.165) is 6.42 Å². The fraction of sp³-hybridized carbons (Fsp3) is 0.500. The summed E-state index contributed by atoms with van der Waals surface area (Å²) in [6.45, 7) is 0. The smallest absolute Gasteiger partial charge is 0.147 e. The van der Waals surface area contributed by atoms with E-state index < -0.39 is 0 Å². The van der Waals surface area contributed by atoms with Gasteiger partial charge in [0.25, 0.3) is 0 Å². The van der Waals surface area contributed by atoms with Gasteiger partial charge in [-0.2, -0.15) is 0 Å². The molecule has 1 fully saturated rings. The van der Waals surface area contributed by atoms with E-state index in [1.54, 1.807) is 0 Å². The summed E-state index contributed by atoms with van der Waals surface area (Å²) < 4.78 is 0. The van der Waals surface area contributed by atoms with Gasteiger partial charge in [-0.25, -0.2) is 0 Å². The van der Waals surface area contributed by atoms with Crippen LogP contribution in [0.3, 0.4) is 0 Å². The SMILES string of the molecule is O=C1CC(=O)C2CC=CC12. The second kappa shape index (κ2) is 1.78. The molecule has 0 heterocycles. The maximum atomic E-state index is 11.0. The lowest BCUT2D eigenvalue weighted by Gasteiger charge is -2.01. The van der Waals surface area contributed by atoms with E-state index in [1.807, 2.05) is 12.2 Å². The molecule has 2 aliphatic carbocycles. The van der Waals surface area contributed by atoms with Crippen LogP contribution < -0.4 is 0 Å². The Kier molecular flexibility index (Phi) is 1.04. The minimum atomic E-state index is -0.0486. The van der Waals surface area contributed by atoms with Gasteiger partial charge in [0.15, 0.2) is 0 Å². The van der Waals surface area contributed by atoms with Gasteiger partial charge in [0.2, 0.25) is 0 Å². The predicted molar refractivity (Wildman–Crippen MR) is 35.4 cm³/mol. The van der Waals surface area contributed by atoms with Crippen molar-refractivity contribution in [2.24, 2.45) is 11.8 Å². The Balaban J connectivity index is 2.33. The van der Waals surface area contributed by atoms with E-state index in [1.165, 1.54) is 0 Å². The number of carbonyl (C=O) groups excluding carboxylic acids is 2. The number of hydrogen-bond acceptors (Lipinski definition) is 2. The summed E-state index contributed by atoms with van der Waals surface area (Å²) in [5.41, 5.74) is 0. The van der Waals surface area contributed by atoms with Crippen molar-refractivity contribution in [1.82, 2.24) is 0 Å². The number of Topliss-reactive ketones (excluding diaryl/α,β-unsaturated/α-hetero) is 2. The van der Waals surface area contributed by atoms with Crippen molar-refractivity contribution in [3.63, 3.8) is 0 Å². The number of hydrogen-bond donors (Lipinski definition) is 0. The lowest BCUT2D eigenvalue weighted by atomic mass is 9.99. The highest BCUT2D eigenvalue weighted by atomic mass is 16.2. The van der Waals surface area contributed by atoms with Crippen molar-refractivity contribution < 1.29 is 9.59 Å². The molecule has 0 bridgehead atoms. The second-order valence-electron chi connectivity index (χ2n) is 2.91. The summed E-state index contributed by atoms with van der Waals surface area (Å²) in [6, 6.07) is 0. The number of fused-ring (bicyclic) bond motifs is 1. The molecule has 0 saturated heterocycles. The van der Waals surface area contributed by atoms with E-state index >= 15 is 0 Å². The second-order valence-corrected chi connectivity index (χ2v) is 2.91. The standard InChI is InChI=1S/C8H8O2/c9-7-4-8(10)6-3-1-2-5(6)7/h1-2,5-6H,3-4H2. The molecule has 2 aliphatic rings. The maximum Gasteiger partial charge on any atom is 0.147 e. The van der Waals surface area contributed by atoms with E-state index in [9.17, 15) is 9.59 Å². The minimum Gasteiger partial charge on any atom is -0.299 e. The Labute approximate surface area is 58.9 Å². The summed E-state index contributed by atoms with van der Waals surface area (Å²) in [5.74, 6) is 0.226. The van der Waals surface area contributed by atoms with Crippen LogP contribution in [0, 0.1) is 11.8 Å². The zero-order valence-corrected chi connectivity index (χ0v) is 5.54. The normalized spacial score (nSPS) is 37.2. The summed E-state index contributed by atoms with van der Waals surface area (Å²) in [4.78, 5) is 22.0. The molecule has 0 spiro atoms. The van der Waals surface area contributed by atoms with Crippen molar-refractivity contribution in [3.8, 4) is 0 Å². The van der Waals surface area contributed by atoms with Crippen molar-refractivity contribution in [1.29, 1.82) is 0 Å². The number of rotatable bonds is 0. The maximum absolute atomic E-state index is 11.0. The first-order valence-electron chi connectivity index (χ1n) is 3.51. The Bertz CT molecular complexity index is 227. The summed E-state index contributed by atoms with van der Waals surface area (Å²) in [5, 5.41) is 0. The predicted octanol–water partition coefficient (Wildman–Crippen LogP) is 0.721. The van der Waals surface area contributed by atoms with Gasteiger partial charge in [0.05, 0.1) is 6.42 Å². The molecule has 2 unspecified atom stereocenters. The third-order valence-corrected chi connectivity index (χ3v) is 2.30. The van der Waals surface area contributed by atoms with Crippen molar-refractivity contribution in [3.05, 3.63) is 12.2 Å². The molecule has 0 aromatic rings. The van der Waals surface area contributed by atoms with Gasteiger partial charge >= 0.3 is 0 Å². The van der Waals surface area contributed by atoms with E-state index in [0.29, 0.717) is 0 Å². The molecule has 0 N–H and O–H groups in total. The van der Waals surface area contributed by atoms with Crippen LogP contribution in [0.2, 0.25) is 0 Å². The number of ketones is 2. The first-order valence-corrected chi connectivity index (χ1v) is 3.51. The van der Waals surface area contributed by atoms with Gasteiger partial charge in [-0.05, 0) is 6.42 Å². The molecule has 0 aliphatic heterocycles. The molecule has 0 aromatic heterocycles. The van der Waals surface area contributed by atoms with Crippen LogP contribution in [0.1, 0.15) is 12.8 Å². The van der Waals surface area contributed by atoms with Crippen LogP contribution in [0.4, 0.5) is 0 Å². The molecule has 52 valence electrons. The molecular formula is C8H8O2. The molecule has 0 amide bonds. The fourth-order valence-electron chi connectivity index (χ4n) is 1.74. The molecule has 0 aromatic carbocycles. The average molecular weight is 136 g/mol. The van der Waals surface area contributed by atoms with Crippen LogP contribution in [-0.2, 0) is 9.59 Å². The molecule has 2 atom stereocenters. The van der Waals surface area contributed by atoms with Gasteiger partial charge in [0.1, 0.15) is 11.6 Å². The van der Waals surface area contributed by atoms with Gasteiger partial charge in [-0.15, -0.1) is 0 Å². The van der Waals surface area contributed by atoms with Gasteiger partial charge in [-0.1, -0.05) is 12.2 Å². The topological polar surface area (TPSA) is 34.1 Å². The Morgan fingerprint density at radius 2 is 2.10 bits per heavy atom. The number of allylic oxidation sites excluding steroid dienone is 2.